The number of hydrogen-bond acceptors (Lipinski definition) is 6. The summed E-state index contributed by atoms with van der Waals surface area (Å²) in [5.74, 6) is -0.410. The largest absolute Gasteiger partial charge is 0.344 e. The summed E-state index contributed by atoms with van der Waals surface area (Å²) in [7, 11) is 0. The normalized spacial score (nSPS) is 11.2. The van der Waals surface area contributed by atoms with Crippen molar-refractivity contribution in [3.05, 3.63) is 46.3 Å². The van der Waals surface area contributed by atoms with Crippen LogP contribution in [0.2, 0.25) is 0 Å². The first-order valence-corrected chi connectivity index (χ1v) is 6.52. The topological polar surface area (TPSA) is 129 Å². The number of nitro groups is 1. The zero-order valence-corrected chi connectivity index (χ0v) is 12.2. The molecule has 0 fully saturated rings. The van der Waals surface area contributed by atoms with Gasteiger partial charge in [-0.15, -0.1) is 5.10 Å². The molecule has 116 valence electrons. The zero-order valence-electron chi connectivity index (χ0n) is 12.2. The van der Waals surface area contributed by atoms with Crippen molar-refractivity contribution in [2.24, 2.45) is 5.73 Å². The van der Waals surface area contributed by atoms with Crippen molar-refractivity contribution >= 4 is 11.6 Å². The first kappa shape index (κ1) is 15.6. The molecule has 1 aromatic heterocycles. The Kier molecular flexibility index (Phi) is 4.18. The molecule has 0 unspecified atom stereocenters. The number of nitrogens with zero attached hydrogens (tertiary/aromatic N) is 4. The molecular weight excluding hydrogens is 288 g/mol. The summed E-state index contributed by atoms with van der Waals surface area (Å²) in [6, 6.07) is 5.89. The summed E-state index contributed by atoms with van der Waals surface area (Å²) >= 11 is 0. The fourth-order valence-electron chi connectivity index (χ4n) is 1.67. The lowest BCUT2D eigenvalue weighted by molar-refractivity contribution is -0.384. The van der Waals surface area contributed by atoms with Gasteiger partial charge in [0, 0.05) is 24.2 Å². The molecule has 22 heavy (non-hydrogen) atoms. The predicted molar refractivity (Wildman–Crippen MR) is 78.6 cm³/mol. The second-order valence-corrected chi connectivity index (χ2v) is 5.37. The molecule has 0 aliphatic rings. The number of nitrogens with one attached hydrogen (secondary N) is 1. The molecule has 9 heteroatoms. The molecule has 2 rings (SSSR count). The first-order chi connectivity index (χ1) is 10.3. The van der Waals surface area contributed by atoms with Crippen molar-refractivity contribution in [2.75, 3.05) is 6.54 Å². The molecule has 1 aromatic carbocycles. The van der Waals surface area contributed by atoms with E-state index in [0.717, 1.165) is 0 Å². The van der Waals surface area contributed by atoms with E-state index in [9.17, 15) is 14.9 Å². The quantitative estimate of drug-likeness (QED) is 0.616. The van der Waals surface area contributed by atoms with E-state index in [2.05, 4.69) is 15.6 Å². The minimum absolute atomic E-state index is 0.0664. The van der Waals surface area contributed by atoms with E-state index in [0.29, 0.717) is 5.69 Å². The number of aromatic nitrogens is 3. The number of nitro benzene ring substituents is 1. The van der Waals surface area contributed by atoms with E-state index in [4.69, 9.17) is 5.73 Å². The molecule has 2 aromatic rings. The van der Waals surface area contributed by atoms with Crippen LogP contribution in [0.25, 0.3) is 5.69 Å². The number of rotatable bonds is 5. The van der Waals surface area contributed by atoms with E-state index in [1.165, 1.54) is 29.1 Å². The van der Waals surface area contributed by atoms with Crippen molar-refractivity contribution in [2.45, 2.75) is 19.4 Å². The smallest absolute Gasteiger partial charge is 0.273 e. The summed E-state index contributed by atoms with van der Waals surface area (Å²) in [5.41, 5.74) is 5.47. The lowest BCUT2D eigenvalue weighted by Crippen LogP contribution is -2.48. The van der Waals surface area contributed by atoms with Gasteiger partial charge in [0.15, 0.2) is 5.69 Å². The van der Waals surface area contributed by atoms with E-state index < -0.39 is 16.4 Å². The Morgan fingerprint density at radius 1 is 1.50 bits per heavy atom. The first-order valence-electron chi connectivity index (χ1n) is 6.52. The zero-order chi connectivity index (χ0) is 16.3. The number of amides is 1. The molecule has 0 aliphatic heterocycles. The molecule has 9 nitrogen and oxygen atoms in total. The van der Waals surface area contributed by atoms with Crippen LogP contribution >= 0.6 is 0 Å². The standard InChI is InChI=1S/C13H16N6O3/c1-13(2,8-14)15-12(20)11-7-18(17-16-11)9-4-3-5-10(6-9)19(21)22/h3-7H,8,14H2,1-2H3,(H,15,20). The number of nitrogens with two attached hydrogens (primary N) is 1. The van der Waals surface area contributed by atoms with Crippen LogP contribution in [0.1, 0.15) is 24.3 Å². The van der Waals surface area contributed by atoms with Gasteiger partial charge in [-0.05, 0) is 19.9 Å². The van der Waals surface area contributed by atoms with Crippen LogP contribution in [0, 0.1) is 10.1 Å². The summed E-state index contributed by atoms with van der Waals surface area (Å²) in [6.45, 7) is 3.85. The molecule has 0 radical (unpaired) electrons. The number of carbonyl (C=O) groups excluding carboxylic acids is 1. The Hall–Kier alpha value is -2.81. The highest BCUT2D eigenvalue weighted by Gasteiger charge is 2.21. The van der Waals surface area contributed by atoms with Crippen molar-refractivity contribution in [3.8, 4) is 5.69 Å². The Morgan fingerprint density at radius 2 is 2.23 bits per heavy atom. The van der Waals surface area contributed by atoms with Gasteiger partial charge in [0.05, 0.1) is 16.8 Å². The van der Waals surface area contributed by atoms with E-state index in [1.807, 2.05) is 0 Å². The Bertz CT molecular complexity index is 709. The second kappa shape index (κ2) is 5.90. The number of benzene rings is 1. The maximum Gasteiger partial charge on any atom is 0.273 e. The third-order valence-electron chi connectivity index (χ3n) is 2.99. The van der Waals surface area contributed by atoms with Crippen LogP contribution in [0.15, 0.2) is 30.5 Å². The number of non-ortho nitro benzene ring substituents is 1. The van der Waals surface area contributed by atoms with E-state index in [1.54, 1.807) is 19.9 Å². The van der Waals surface area contributed by atoms with Gasteiger partial charge in [0.1, 0.15) is 0 Å². The maximum absolute atomic E-state index is 12.0. The molecule has 0 saturated heterocycles. The fraction of sp³-hybridized carbons (Fsp3) is 0.308. The molecule has 0 bridgehead atoms. The molecule has 1 heterocycles. The van der Waals surface area contributed by atoms with Gasteiger partial charge >= 0.3 is 0 Å². The van der Waals surface area contributed by atoms with Crippen LogP contribution in [-0.4, -0.2) is 37.9 Å². The van der Waals surface area contributed by atoms with Gasteiger partial charge in [-0.25, -0.2) is 4.68 Å². The Balaban J connectivity index is 2.23. The second-order valence-electron chi connectivity index (χ2n) is 5.37. The minimum atomic E-state index is -0.563. The summed E-state index contributed by atoms with van der Waals surface area (Å²) in [6.07, 6.45) is 1.40. The highest BCUT2D eigenvalue weighted by molar-refractivity contribution is 5.92. The van der Waals surface area contributed by atoms with Crippen molar-refractivity contribution < 1.29 is 9.72 Å². The average molecular weight is 304 g/mol. The molecule has 0 aliphatic carbocycles. The van der Waals surface area contributed by atoms with Gasteiger partial charge in [0.25, 0.3) is 11.6 Å². The van der Waals surface area contributed by atoms with Crippen LogP contribution in [0.5, 0.6) is 0 Å². The lowest BCUT2D eigenvalue weighted by Gasteiger charge is -2.23. The summed E-state index contributed by atoms with van der Waals surface area (Å²) in [5, 5.41) is 21.1. The predicted octanol–water partition coefficient (Wildman–Crippen LogP) is 0.643. The Labute approximate surface area is 126 Å². The number of carbonyl (C=O) groups is 1. The summed E-state index contributed by atoms with van der Waals surface area (Å²) < 4.78 is 1.30. The van der Waals surface area contributed by atoms with Gasteiger partial charge in [-0.3, -0.25) is 14.9 Å². The highest BCUT2D eigenvalue weighted by Crippen LogP contribution is 2.16. The van der Waals surface area contributed by atoms with Crippen LogP contribution in [-0.2, 0) is 0 Å². The third kappa shape index (κ3) is 3.44. The molecule has 1 amide bonds. The minimum Gasteiger partial charge on any atom is -0.344 e. The molecule has 0 atom stereocenters. The van der Waals surface area contributed by atoms with Crippen LogP contribution in [0.3, 0.4) is 0 Å². The van der Waals surface area contributed by atoms with Gasteiger partial charge < -0.3 is 11.1 Å². The lowest BCUT2D eigenvalue weighted by atomic mass is 10.1. The highest BCUT2D eigenvalue weighted by atomic mass is 16.6. The maximum atomic E-state index is 12.0. The van der Waals surface area contributed by atoms with Gasteiger partial charge in [0.2, 0.25) is 0 Å². The van der Waals surface area contributed by atoms with Gasteiger partial charge in [-0.2, -0.15) is 0 Å². The van der Waals surface area contributed by atoms with Crippen molar-refractivity contribution in [3.63, 3.8) is 0 Å². The number of hydrogen-bond donors (Lipinski definition) is 2. The monoisotopic (exact) mass is 304 g/mol. The van der Waals surface area contributed by atoms with Crippen LogP contribution in [0.4, 0.5) is 5.69 Å². The molecular formula is C13H16N6O3. The SMILES string of the molecule is CC(C)(CN)NC(=O)c1cn(-c2cccc([N+](=O)[O-])c2)nn1. The molecule has 0 spiro atoms. The van der Waals surface area contributed by atoms with Crippen molar-refractivity contribution in [1.29, 1.82) is 0 Å². The summed E-state index contributed by atoms with van der Waals surface area (Å²) in [4.78, 5) is 22.3. The van der Waals surface area contributed by atoms with E-state index >= 15 is 0 Å². The van der Waals surface area contributed by atoms with E-state index in [-0.39, 0.29) is 17.9 Å². The molecule has 3 N–H and O–H groups in total. The fourth-order valence-corrected chi connectivity index (χ4v) is 1.67. The van der Waals surface area contributed by atoms with Crippen LogP contribution < -0.4 is 11.1 Å². The van der Waals surface area contributed by atoms with Gasteiger partial charge in [-0.1, -0.05) is 11.3 Å². The van der Waals surface area contributed by atoms with Crippen molar-refractivity contribution in [1.82, 2.24) is 20.3 Å². The average Bonchev–Trinajstić information content (AvgIpc) is 2.97. The third-order valence-corrected chi connectivity index (χ3v) is 2.99. The molecule has 0 saturated carbocycles. The Morgan fingerprint density at radius 3 is 2.86 bits per heavy atom.